The molecule has 2 heterocycles. The number of furan rings is 1. The Morgan fingerprint density at radius 1 is 1.27 bits per heavy atom. The van der Waals surface area contributed by atoms with Gasteiger partial charge in [0, 0.05) is 5.69 Å². The third-order valence-corrected chi connectivity index (χ3v) is 3.84. The first kappa shape index (κ1) is 14.6. The van der Waals surface area contributed by atoms with Crippen molar-refractivity contribution in [3.05, 3.63) is 54.2 Å². The Morgan fingerprint density at radius 2 is 2.09 bits per heavy atom. The summed E-state index contributed by atoms with van der Waals surface area (Å²) in [5.74, 6) is 0.609. The second-order valence-electron chi connectivity index (χ2n) is 5.43. The number of rotatable bonds is 3. The molecule has 1 aromatic heterocycles. The van der Waals surface area contributed by atoms with Crippen LogP contribution in [0, 0.1) is 5.82 Å². The van der Waals surface area contributed by atoms with Gasteiger partial charge in [0.1, 0.15) is 12.4 Å². The fraction of sp³-hybridized carbons (Fsp3) is 0.312. The van der Waals surface area contributed by atoms with Crippen LogP contribution in [0.15, 0.2) is 47.1 Å². The van der Waals surface area contributed by atoms with E-state index in [1.165, 1.54) is 17.0 Å². The molecule has 2 amide bonds. The van der Waals surface area contributed by atoms with E-state index in [0.29, 0.717) is 18.8 Å². The van der Waals surface area contributed by atoms with Gasteiger partial charge in [0.05, 0.1) is 32.4 Å². The van der Waals surface area contributed by atoms with Crippen LogP contribution < -0.4 is 10.2 Å². The van der Waals surface area contributed by atoms with Gasteiger partial charge in [-0.2, -0.15) is 0 Å². The van der Waals surface area contributed by atoms with E-state index >= 15 is 0 Å². The molecule has 3 rings (SSSR count). The molecule has 1 aliphatic rings. The summed E-state index contributed by atoms with van der Waals surface area (Å²) in [5.41, 5.74) is 0.482. The molecule has 0 radical (unpaired) electrons. The number of benzene rings is 1. The summed E-state index contributed by atoms with van der Waals surface area (Å²) in [5, 5.41) is 2.73. The van der Waals surface area contributed by atoms with Gasteiger partial charge in [-0.1, -0.05) is 6.07 Å². The molecule has 1 saturated heterocycles. The lowest BCUT2D eigenvalue weighted by atomic mass is 10.3. The number of quaternary nitrogens is 1. The largest absolute Gasteiger partial charge is 0.463 e. The van der Waals surface area contributed by atoms with E-state index < -0.39 is 0 Å². The van der Waals surface area contributed by atoms with Crippen LogP contribution in [0.5, 0.6) is 0 Å². The van der Waals surface area contributed by atoms with Crippen LogP contribution in [0.4, 0.5) is 14.9 Å². The molecule has 1 fully saturated rings. The minimum absolute atomic E-state index is 0.178. The minimum atomic E-state index is -0.356. The van der Waals surface area contributed by atoms with Gasteiger partial charge in [-0.3, -0.25) is 0 Å². The average molecular weight is 304 g/mol. The Kier molecular flexibility index (Phi) is 4.39. The number of carbonyl (C=O) groups excluding carboxylic acids is 1. The molecule has 2 aromatic rings. The van der Waals surface area contributed by atoms with Gasteiger partial charge in [0.15, 0.2) is 5.76 Å². The third kappa shape index (κ3) is 3.65. The van der Waals surface area contributed by atoms with Gasteiger partial charge < -0.3 is 19.5 Å². The van der Waals surface area contributed by atoms with Crippen LogP contribution in [0.3, 0.4) is 0 Å². The normalized spacial score (nSPS) is 15.8. The second kappa shape index (κ2) is 6.62. The Balaban J connectivity index is 1.49. The summed E-state index contributed by atoms with van der Waals surface area (Å²) in [6.07, 6.45) is 1.68. The van der Waals surface area contributed by atoms with Gasteiger partial charge in [0.2, 0.25) is 0 Å². The van der Waals surface area contributed by atoms with Crippen molar-refractivity contribution < 1.29 is 18.5 Å². The van der Waals surface area contributed by atoms with E-state index in [1.807, 2.05) is 12.1 Å². The molecule has 0 spiro atoms. The summed E-state index contributed by atoms with van der Waals surface area (Å²) in [4.78, 5) is 15.3. The molecule has 0 saturated carbocycles. The fourth-order valence-electron chi connectivity index (χ4n) is 2.63. The maximum absolute atomic E-state index is 13.1. The number of halogens is 1. The number of urea groups is 1. The molecular formula is C16H19FN3O2+. The monoisotopic (exact) mass is 304 g/mol. The van der Waals surface area contributed by atoms with E-state index in [9.17, 15) is 9.18 Å². The summed E-state index contributed by atoms with van der Waals surface area (Å²) in [6, 6.07) is 9.61. The summed E-state index contributed by atoms with van der Waals surface area (Å²) in [7, 11) is 0. The first-order chi connectivity index (χ1) is 10.7. The lowest BCUT2D eigenvalue weighted by molar-refractivity contribution is -0.918. The molecule has 0 unspecified atom stereocenters. The van der Waals surface area contributed by atoms with Crippen LogP contribution in [0.1, 0.15) is 5.76 Å². The van der Waals surface area contributed by atoms with Crippen LogP contribution >= 0.6 is 0 Å². The molecule has 2 N–H and O–H groups in total. The number of nitrogens with zero attached hydrogens (tertiary/aromatic N) is 1. The summed E-state index contributed by atoms with van der Waals surface area (Å²) >= 11 is 0. The first-order valence-corrected chi connectivity index (χ1v) is 7.38. The van der Waals surface area contributed by atoms with Gasteiger partial charge in [-0.25, -0.2) is 9.18 Å². The molecule has 5 nitrogen and oxygen atoms in total. The molecule has 6 heteroatoms. The maximum atomic E-state index is 13.1. The average Bonchev–Trinajstić information content (AvgIpc) is 3.01. The molecule has 1 aromatic carbocycles. The first-order valence-electron chi connectivity index (χ1n) is 7.38. The Hall–Kier alpha value is -2.34. The molecule has 22 heavy (non-hydrogen) atoms. The third-order valence-electron chi connectivity index (χ3n) is 3.84. The second-order valence-corrected chi connectivity index (χ2v) is 5.43. The van der Waals surface area contributed by atoms with Crippen molar-refractivity contribution in [3.8, 4) is 0 Å². The number of nitrogens with one attached hydrogen (secondary N) is 2. The quantitative estimate of drug-likeness (QED) is 0.899. The Morgan fingerprint density at radius 3 is 2.77 bits per heavy atom. The van der Waals surface area contributed by atoms with E-state index in [1.54, 1.807) is 23.3 Å². The number of hydrogen-bond donors (Lipinski definition) is 2. The topological polar surface area (TPSA) is 49.9 Å². The molecule has 1 aliphatic heterocycles. The van der Waals surface area contributed by atoms with Crippen molar-refractivity contribution in [2.24, 2.45) is 0 Å². The van der Waals surface area contributed by atoms with Crippen molar-refractivity contribution in [3.63, 3.8) is 0 Å². The van der Waals surface area contributed by atoms with Crippen molar-refractivity contribution in [1.29, 1.82) is 0 Å². The lowest BCUT2D eigenvalue weighted by Crippen LogP contribution is -3.13. The highest BCUT2D eigenvalue weighted by molar-refractivity contribution is 5.89. The van der Waals surface area contributed by atoms with E-state index in [-0.39, 0.29) is 11.8 Å². The van der Waals surface area contributed by atoms with Crippen LogP contribution in [0.2, 0.25) is 0 Å². The molecule has 0 atom stereocenters. The van der Waals surface area contributed by atoms with Gasteiger partial charge >= 0.3 is 6.03 Å². The molecular weight excluding hydrogens is 285 g/mol. The van der Waals surface area contributed by atoms with E-state index in [2.05, 4.69) is 5.32 Å². The molecule has 0 aliphatic carbocycles. The Bertz CT molecular complexity index is 622. The van der Waals surface area contributed by atoms with Gasteiger partial charge in [0.25, 0.3) is 0 Å². The highest BCUT2D eigenvalue weighted by Crippen LogP contribution is 2.10. The zero-order valence-electron chi connectivity index (χ0n) is 12.2. The smallest absolute Gasteiger partial charge is 0.322 e. The molecule has 0 bridgehead atoms. The predicted molar refractivity (Wildman–Crippen MR) is 80.1 cm³/mol. The predicted octanol–water partition coefficient (Wildman–Crippen LogP) is 1.35. The Labute approximate surface area is 128 Å². The maximum Gasteiger partial charge on any atom is 0.322 e. The number of piperazine rings is 1. The fourth-order valence-corrected chi connectivity index (χ4v) is 2.63. The van der Waals surface area contributed by atoms with Gasteiger partial charge in [-0.15, -0.1) is 0 Å². The number of hydrogen-bond acceptors (Lipinski definition) is 2. The van der Waals surface area contributed by atoms with Crippen LogP contribution in [-0.4, -0.2) is 37.1 Å². The molecule has 116 valence electrons. The van der Waals surface area contributed by atoms with Crippen LogP contribution in [0.25, 0.3) is 0 Å². The summed E-state index contributed by atoms with van der Waals surface area (Å²) < 4.78 is 18.5. The SMILES string of the molecule is O=C(Nc1cccc(F)c1)N1CC[NH+](Cc2ccco2)CC1. The zero-order chi connectivity index (χ0) is 15.4. The van der Waals surface area contributed by atoms with Crippen LogP contribution in [-0.2, 0) is 6.54 Å². The number of anilines is 1. The highest BCUT2D eigenvalue weighted by Gasteiger charge is 2.24. The van der Waals surface area contributed by atoms with Crippen molar-refractivity contribution in [2.75, 3.05) is 31.5 Å². The zero-order valence-corrected chi connectivity index (χ0v) is 12.2. The van der Waals surface area contributed by atoms with Crippen molar-refractivity contribution in [2.45, 2.75) is 6.54 Å². The summed E-state index contributed by atoms with van der Waals surface area (Å²) in [6.45, 7) is 3.94. The van der Waals surface area contributed by atoms with E-state index in [4.69, 9.17) is 4.42 Å². The van der Waals surface area contributed by atoms with Crippen molar-refractivity contribution in [1.82, 2.24) is 4.90 Å². The van der Waals surface area contributed by atoms with Gasteiger partial charge in [-0.05, 0) is 30.3 Å². The highest BCUT2D eigenvalue weighted by atomic mass is 19.1. The lowest BCUT2D eigenvalue weighted by Gasteiger charge is -2.31. The van der Waals surface area contributed by atoms with Crippen molar-refractivity contribution >= 4 is 11.7 Å². The minimum Gasteiger partial charge on any atom is -0.463 e. The van der Waals surface area contributed by atoms with E-state index in [0.717, 1.165) is 25.4 Å². The number of carbonyl (C=O) groups is 1. The number of amides is 2. The standard InChI is InChI=1S/C16H18FN3O2/c17-13-3-1-4-14(11-13)18-16(21)20-8-6-19(7-9-20)12-15-5-2-10-22-15/h1-5,10-11H,6-9,12H2,(H,18,21)/p+1.